The number of rotatable bonds is 4. The summed E-state index contributed by atoms with van der Waals surface area (Å²) in [6, 6.07) is 5.21. The SMILES string of the molecule is C[C@@H]1CN(c2nc(Nc3n[nH]c(C4CC4)c3F)c3cc(Cl)ccc3n2)CCN1C(=O)OC(C)(C)C. The summed E-state index contributed by atoms with van der Waals surface area (Å²) in [5.74, 6) is 0.815. The molecule has 1 aromatic carbocycles. The van der Waals surface area contributed by atoms with E-state index < -0.39 is 5.60 Å². The maximum absolute atomic E-state index is 14.9. The number of H-pyrrole nitrogens is 1. The zero-order valence-electron chi connectivity index (χ0n) is 20.2. The zero-order valence-corrected chi connectivity index (χ0v) is 21.0. The van der Waals surface area contributed by atoms with E-state index in [1.165, 1.54) is 0 Å². The summed E-state index contributed by atoms with van der Waals surface area (Å²) in [5, 5.41) is 11.2. The van der Waals surface area contributed by atoms with Gasteiger partial charge in [0.2, 0.25) is 5.95 Å². The van der Waals surface area contributed by atoms with Gasteiger partial charge in [0.15, 0.2) is 11.6 Å². The average Bonchev–Trinajstić information content (AvgIpc) is 3.56. The molecule has 1 amide bonds. The van der Waals surface area contributed by atoms with Crippen molar-refractivity contribution in [2.24, 2.45) is 0 Å². The molecule has 1 saturated carbocycles. The summed E-state index contributed by atoms with van der Waals surface area (Å²) >= 11 is 6.24. The second-order valence-electron chi connectivity index (χ2n) is 10.2. The van der Waals surface area contributed by atoms with E-state index in [-0.39, 0.29) is 29.7 Å². The minimum atomic E-state index is -0.557. The lowest BCUT2D eigenvalue weighted by atomic mass is 10.2. The van der Waals surface area contributed by atoms with Crippen LogP contribution in [0, 0.1) is 5.82 Å². The number of anilines is 3. The van der Waals surface area contributed by atoms with Gasteiger partial charge in [0, 0.05) is 42.0 Å². The van der Waals surface area contributed by atoms with Crippen LogP contribution < -0.4 is 10.2 Å². The molecule has 9 nitrogen and oxygen atoms in total. The fraction of sp³-hybridized carbons (Fsp3) is 0.500. The topological polar surface area (TPSA) is 99.3 Å². The van der Waals surface area contributed by atoms with Crippen molar-refractivity contribution in [3.63, 3.8) is 0 Å². The fourth-order valence-electron chi connectivity index (χ4n) is 4.24. The van der Waals surface area contributed by atoms with Gasteiger partial charge in [0.05, 0.1) is 11.2 Å². The van der Waals surface area contributed by atoms with Crippen LogP contribution >= 0.6 is 11.6 Å². The molecule has 2 aromatic heterocycles. The van der Waals surface area contributed by atoms with E-state index in [9.17, 15) is 9.18 Å². The van der Waals surface area contributed by atoms with Crippen molar-refractivity contribution < 1.29 is 13.9 Å². The van der Waals surface area contributed by atoms with Gasteiger partial charge in [0.1, 0.15) is 11.4 Å². The monoisotopic (exact) mass is 501 g/mol. The lowest BCUT2D eigenvalue weighted by Gasteiger charge is -2.40. The number of aromatic nitrogens is 4. The Bertz CT molecular complexity index is 1270. The van der Waals surface area contributed by atoms with E-state index in [0.29, 0.717) is 53.0 Å². The predicted molar refractivity (Wildman–Crippen MR) is 133 cm³/mol. The van der Waals surface area contributed by atoms with Crippen LogP contribution in [0.25, 0.3) is 10.9 Å². The van der Waals surface area contributed by atoms with Crippen molar-refractivity contribution in [3.8, 4) is 0 Å². The van der Waals surface area contributed by atoms with Gasteiger partial charge >= 0.3 is 6.09 Å². The molecule has 35 heavy (non-hydrogen) atoms. The van der Waals surface area contributed by atoms with Crippen LogP contribution in [0.15, 0.2) is 18.2 Å². The first-order chi connectivity index (χ1) is 16.6. The molecule has 1 saturated heterocycles. The molecule has 2 aliphatic rings. The van der Waals surface area contributed by atoms with Crippen LogP contribution in [0.5, 0.6) is 0 Å². The normalized spacial score (nSPS) is 18.7. The smallest absolute Gasteiger partial charge is 0.410 e. The number of nitrogens with zero attached hydrogens (tertiary/aromatic N) is 5. The van der Waals surface area contributed by atoms with Crippen molar-refractivity contribution in [1.82, 2.24) is 25.1 Å². The van der Waals surface area contributed by atoms with Crippen molar-refractivity contribution in [2.75, 3.05) is 29.9 Å². The molecule has 186 valence electrons. The summed E-state index contributed by atoms with van der Waals surface area (Å²) < 4.78 is 20.5. The number of nitrogens with one attached hydrogen (secondary N) is 2. The molecule has 0 radical (unpaired) electrons. The van der Waals surface area contributed by atoms with Gasteiger partial charge in [0.25, 0.3) is 0 Å². The number of ether oxygens (including phenoxy) is 1. The number of hydrogen-bond donors (Lipinski definition) is 2. The van der Waals surface area contributed by atoms with Crippen LogP contribution in [-0.4, -0.2) is 62.4 Å². The standard InChI is InChI=1S/C24H29ClFN7O2/c1-13-12-32(9-10-33(13)23(34)35-24(2,3)4)22-27-17-8-7-15(25)11-16(17)20(29-22)28-21-18(26)19(30-31-21)14-5-6-14/h7-8,11,13-14H,5-6,9-10,12H2,1-4H3,(H2,27,28,29,30,31)/t13-/m1/s1. The second kappa shape index (κ2) is 8.82. The third-order valence-corrected chi connectivity index (χ3v) is 6.37. The van der Waals surface area contributed by atoms with E-state index >= 15 is 0 Å². The number of hydrogen-bond acceptors (Lipinski definition) is 7. The molecule has 1 aliphatic heterocycles. The van der Waals surface area contributed by atoms with Gasteiger partial charge < -0.3 is 19.9 Å². The van der Waals surface area contributed by atoms with E-state index in [4.69, 9.17) is 26.3 Å². The van der Waals surface area contributed by atoms with Crippen molar-refractivity contribution in [2.45, 2.75) is 58.1 Å². The number of benzene rings is 1. The molecule has 3 heterocycles. The van der Waals surface area contributed by atoms with Crippen molar-refractivity contribution in [3.05, 3.63) is 34.7 Å². The molecule has 0 spiro atoms. The first kappa shape index (κ1) is 23.6. The number of carbonyl (C=O) groups is 1. The van der Waals surface area contributed by atoms with Crippen LogP contribution in [0.2, 0.25) is 5.02 Å². The number of carbonyl (C=O) groups excluding carboxylic acids is 1. The minimum absolute atomic E-state index is 0.0981. The van der Waals surface area contributed by atoms with Crippen molar-refractivity contribution in [1.29, 1.82) is 0 Å². The summed E-state index contributed by atoms with van der Waals surface area (Å²) in [5.41, 5.74) is 0.636. The van der Waals surface area contributed by atoms with Gasteiger partial charge in [-0.3, -0.25) is 5.10 Å². The van der Waals surface area contributed by atoms with Gasteiger partial charge in [-0.25, -0.2) is 14.2 Å². The lowest BCUT2D eigenvalue weighted by Crippen LogP contribution is -2.55. The highest BCUT2D eigenvalue weighted by molar-refractivity contribution is 6.31. The van der Waals surface area contributed by atoms with Crippen LogP contribution in [0.4, 0.5) is 26.8 Å². The highest BCUT2D eigenvalue weighted by atomic mass is 35.5. The van der Waals surface area contributed by atoms with E-state index in [2.05, 4.69) is 15.5 Å². The average molecular weight is 502 g/mol. The first-order valence-corrected chi connectivity index (χ1v) is 12.2. The molecule has 0 bridgehead atoms. The van der Waals surface area contributed by atoms with E-state index in [1.54, 1.807) is 17.0 Å². The molecule has 5 rings (SSSR count). The summed E-state index contributed by atoms with van der Waals surface area (Å²) in [6.07, 6.45) is 1.59. The summed E-state index contributed by atoms with van der Waals surface area (Å²) in [4.78, 5) is 25.8. The third-order valence-electron chi connectivity index (χ3n) is 6.14. The Kier molecular flexibility index (Phi) is 5.94. The molecule has 3 aromatic rings. The number of piperazine rings is 1. The van der Waals surface area contributed by atoms with Gasteiger partial charge in [-0.15, -0.1) is 0 Å². The largest absolute Gasteiger partial charge is 0.444 e. The van der Waals surface area contributed by atoms with Crippen LogP contribution in [-0.2, 0) is 4.74 Å². The first-order valence-electron chi connectivity index (χ1n) is 11.8. The Morgan fingerprint density at radius 2 is 2.00 bits per heavy atom. The van der Waals surface area contributed by atoms with Gasteiger partial charge in [-0.05, 0) is 58.7 Å². The highest BCUT2D eigenvalue weighted by Gasteiger charge is 2.33. The zero-order chi connectivity index (χ0) is 24.9. The van der Waals surface area contributed by atoms with Gasteiger partial charge in [-0.1, -0.05) is 11.6 Å². The summed E-state index contributed by atoms with van der Waals surface area (Å²) in [7, 11) is 0. The molecule has 11 heteroatoms. The van der Waals surface area contributed by atoms with E-state index in [0.717, 1.165) is 12.8 Å². The Labute approximate surface area is 208 Å². The number of halogens is 2. The Morgan fingerprint density at radius 3 is 2.69 bits per heavy atom. The molecule has 1 atom stereocenters. The highest BCUT2D eigenvalue weighted by Crippen LogP contribution is 2.41. The number of amides is 1. The maximum atomic E-state index is 14.9. The molecular formula is C24H29ClFN7O2. The minimum Gasteiger partial charge on any atom is -0.444 e. The quantitative estimate of drug-likeness (QED) is 0.506. The van der Waals surface area contributed by atoms with Crippen LogP contribution in [0.1, 0.15) is 52.1 Å². The molecular weight excluding hydrogens is 473 g/mol. The predicted octanol–water partition coefficient (Wildman–Crippen LogP) is 5.21. The Hall–Kier alpha value is -3.14. The maximum Gasteiger partial charge on any atom is 0.410 e. The Balaban J connectivity index is 1.42. The number of aromatic amines is 1. The third kappa shape index (κ3) is 4.98. The second-order valence-corrected chi connectivity index (χ2v) is 10.6. The molecule has 0 unspecified atom stereocenters. The number of fused-ring (bicyclic) bond motifs is 1. The van der Waals surface area contributed by atoms with Crippen LogP contribution in [0.3, 0.4) is 0 Å². The van der Waals surface area contributed by atoms with E-state index in [1.807, 2.05) is 38.7 Å². The summed E-state index contributed by atoms with van der Waals surface area (Å²) in [6.45, 7) is 9.06. The molecule has 2 fully saturated rings. The lowest BCUT2D eigenvalue weighted by molar-refractivity contribution is 0.0158. The molecule has 1 aliphatic carbocycles. The van der Waals surface area contributed by atoms with Gasteiger partial charge in [-0.2, -0.15) is 10.1 Å². The fourth-order valence-corrected chi connectivity index (χ4v) is 4.41. The van der Waals surface area contributed by atoms with Crippen molar-refractivity contribution >= 4 is 46.2 Å². The Morgan fingerprint density at radius 1 is 1.23 bits per heavy atom. The molecule has 2 N–H and O–H groups in total.